The minimum atomic E-state index is -0.591. The summed E-state index contributed by atoms with van der Waals surface area (Å²) >= 11 is 2.14. The van der Waals surface area contributed by atoms with Gasteiger partial charge in [-0.05, 0) is 86.5 Å². The molecule has 3 aliphatic carbocycles. The first-order valence-corrected chi connectivity index (χ1v) is 12.5. The Morgan fingerprint density at radius 3 is 2.61 bits per heavy atom. The van der Waals surface area contributed by atoms with Crippen LogP contribution in [0, 0.1) is 23.2 Å². The lowest BCUT2D eigenvalue weighted by molar-refractivity contribution is 0.0937. The van der Waals surface area contributed by atoms with Crippen LogP contribution >= 0.6 is 11.8 Å². The van der Waals surface area contributed by atoms with Gasteiger partial charge in [0.25, 0.3) is 0 Å². The zero-order chi connectivity index (χ0) is 19.9. The molecule has 0 amide bonds. The first-order chi connectivity index (χ1) is 13.4. The van der Waals surface area contributed by atoms with E-state index in [4.69, 9.17) is 0 Å². The fourth-order valence-corrected chi connectivity index (χ4v) is 7.13. The summed E-state index contributed by atoms with van der Waals surface area (Å²) in [5, 5.41) is 21.2. The number of rotatable bonds is 5. The number of thioether (sulfide) groups is 1. The van der Waals surface area contributed by atoms with Crippen molar-refractivity contribution < 1.29 is 10.2 Å². The van der Waals surface area contributed by atoms with Crippen LogP contribution in [0.2, 0.25) is 0 Å². The van der Waals surface area contributed by atoms with Crippen LogP contribution in [0.3, 0.4) is 0 Å². The maximum atomic E-state index is 10.1. The maximum Gasteiger partial charge on any atom is 0.0809 e. The molecule has 4 aliphatic rings. The van der Waals surface area contributed by atoms with Crippen LogP contribution in [0.4, 0.5) is 0 Å². The quantitative estimate of drug-likeness (QED) is 0.460. The van der Waals surface area contributed by atoms with Crippen LogP contribution < -0.4 is 0 Å². The second-order valence-electron chi connectivity index (χ2n) is 10.2. The van der Waals surface area contributed by atoms with E-state index in [0.717, 1.165) is 28.6 Å². The molecule has 2 nitrogen and oxygen atoms in total. The van der Waals surface area contributed by atoms with Gasteiger partial charge in [-0.15, -0.1) is 0 Å². The molecule has 156 valence electrons. The second-order valence-corrected chi connectivity index (χ2v) is 11.5. The highest BCUT2D eigenvalue weighted by atomic mass is 32.2. The lowest BCUT2D eigenvalue weighted by atomic mass is 9.60. The zero-order valence-corrected chi connectivity index (χ0v) is 18.5. The molecule has 0 radical (unpaired) electrons. The molecule has 0 aromatic carbocycles. The summed E-state index contributed by atoms with van der Waals surface area (Å²) in [6.45, 7) is 8.92. The Hall–Kier alpha value is -0.510. The van der Waals surface area contributed by atoms with E-state index in [1.807, 2.05) is 0 Å². The molecule has 0 aromatic rings. The summed E-state index contributed by atoms with van der Waals surface area (Å²) in [5.41, 5.74) is 3.84. The van der Waals surface area contributed by atoms with Crippen LogP contribution in [0.25, 0.3) is 0 Å². The fraction of sp³-hybridized carbons (Fsp3) is 0.760. The summed E-state index contributed by atoms with van der Waals surface area (Å²) in [4.78, 5) is 0. The number of hydrogen-bond donors (Lipinski definition) is 2. The molecule has 1 saturated heterocycles. The van der Waals surface area contributed by atoms with Gasteiger partial charge >= 0.3 is 0 Å². The van der Waals surface area contributed by atoms with Gasteiger partial charge in [-0.3, -0.25) is 0 Å². The predicted molar refractivity (Wildman–Crippen MR) is 119 cm³/mol. The van der Waals surface area contributed by atoms with E-state index in [-0.39, 0.29) is 0 Å². The Morgan fingerprint density at radius 2 is 1.93 bits per heavy atom. The molecule has 1 unspecified atom stereocenters. The van der Waals surface area contributed by atoms with Crippen molar-refractivity contribution in [3.05, 3.63) is 35.5 Å². The van der Waals surface area contributed by atoms with E-state index in [0.29, 0.717) is 23.8 Å². The van der Waals surface area contributed by atoms with Crippen LogP contribution in [0.15, 0.2) is 35.5 Å². The summed E-state index contributed by atoms with van der Waals surface area (Å²) in [7, 11) is 0. The Kier molecular flexibility index (Phi) is 6.16. The Morgan fingerprint density at radius 1 is 1.21 bits per heavy atom. The van der Waals surface area contributed by atoms with Gasteiger partial charge in [0.1, 0.15) is 0 Å². The number of hydrogen-bond acceptors (Lipinski definition) is 3. The van der Waals surface area contributed by atoms with E-state index >= 15 is 0 Å². The van der Waals surface area contributed by atoms with Crippen molar-refractivity contribution >= 4 is 11.8 Å². The summed E-state index contributed by atoms with van der Waals surface area (Å²) in [5.74, 6) is 3.85. The number of fused-ring (bicyclic) bond motifs is 1. The highest BCUT2D eigenvalue weighted by molar-refractivity contribution is 8.06. The molecule has 4 fully saturated rings. The Balaban J connectivity index is 1.45. The van der Waals surface area contributed by atoms with Crippen molar-refractivity contribution in [2.24, 2.45) is 23.2 Å². The third-order valence-electron chi connectivity index (χ3n) is 8.37. The monoisotopic (exact) mass is 402 g/mol. The van der Waals surface area contributed by atoms with Crippen LogP contribution in [0.5, 0.6) is 0 Å². The molecule has 0 aromatic heterocycles. The van der Waals surface area contributed by atoms with Gasteiger partial charge in [-0.25, -0.2) is 0 Å². The fourth-order valence-electron chi connectivity index (χ4n) is 6.52. The minimum absolute atomic E-state index is 0.471. The van der Waals surface area contributed by atoms with E-state index < -0.39 is 12.2 Å². The highest BCUT2D eigenvalue weighted by Gasteiger charge is 2.50. The molecular weight excluding hydrogens is 364 g/mol. The molecule has 0 spiro atoms. The molecule has 4 rings (SSSR count). The zero-order valence-electron chi connectivity index (χ0n) is 17.7. The van der Waals surface area contributed by atoms with E-state index in [1.165, 1.54) is 50.7 Å². The SMILES string of the molecule is C=C1[C@H](O)CC(=C/C=C2\CCC[C@]3(C)[C@@H]([C@H](C)CCC4CS4)CC[C@@H]23)C[C@H]1O. The molecule has 0 bridgehead atoms. The van der Waals surface area contributed by atoms with Gasteiger partial charge in [-0.2, -0.15) is 11.8 Å². The summed E-state index contributed by atoms with van der Waals surface area (Å²) < 4.78 is 0. The molecule has 1 heterocycles. The number of aliphatic hydroxyl groups excluding tert-OH is 2. The molecule has 1 aliphatic heterocycles. The van der Waals surface area contributed by atoms with Gasteiger partial charge in [0.2, 0.25) is 0 Å². The maximum absolute atomic E-state index is 10.1. The number of aliphatic hydroxyl groups is 2. The van der Waals surface area contributed by atoms with Crippen molar-refractivity contribution in [1.29, 1.82) is 0 Å². The van der Waals surface area contributed by atoms with Crippen molar-refractivity contribution in [2.45, 2.75) is 89.1 Å². The van der Waals surface area contributed by atoms with E-state index in [2.05, 4.69) is 44.3 Å². The van der Waals surface area contributed by atoms with Gasteiger partial charge in [0.15, 0.2) is 0 Å². The smallest absolute Gasteiger partial charge is 0.0809 e. The summed E-state index contributed by atoms with van der Waals surface area (Å²) in [6, 6.07) is 0. The van der Waals surface area contributed by atoms with E-state index in [1.54, 1.807) is 5.57 Å². The van der Waals surface area contributed by atoms with Crippen LogP contribution in [-0.4, -0.2) is 33.4 Å². The predicted octanol–water partition coefficient (Wildman–Crippen LogP) is 5.66. The van der Waals surface area contributed by atoms with Crippen molar-refractivity contribution in [3.63, 3.8) is 0 Å². The van der Waals surface area contributed by atoms with Gasteiger partial charge in [0.05, 0.1) is 12.2 Å². The second kappa shape index (κ2) is 8.32. The van der Waals surface area contributed by atoms with Crippen molar-refractivity contribution in [3.8, 4) is 0 Å². The molecule has 7 atom stereocenters. The Bertz CT molecular complexity index is 645. The minimum Gasteiger partial charge on any atom is -0.388 e. The first kappa shape index (κ1) is 20.8. The van der Waals surface area contributed by atoms with Gasteiger partial charge in [0, 0.05) is 11.0 Å². The normalized spacial score (nSPS) is 43.1. The van der Waals surface area contributed by atoms with Gasteiger partial charge in [-0.1, -0.05) is 43.7 Å². The molecular formula is C25H38O2S. The summed E-state index contributed by atoms with van der Waals surface area (Å²) in [6.07, 6.45) is 14.1. The van der Waals surface area contributed by atoms with Crippen molar-refractivity contribution in [1.82, 2.24) is 0 Å². The molecule has 3 heteroatoms. The third-order valence-corrected chi connectivity index (χ3v) is 9.41. The molecule has 28 heavy (non-hydrogen) atoms. The van der Waals surface area contributed by atoms with Crippen molar-refractivity contribution in [2.75, 3.05) is 5.75 Å². The standard InChI is InChI=1S/C25H38O2S/c1-16(6-9-20-15-28-20)21-10-11-22-19(5-4-12-25(21,22)3)8-7-18-13-23(26)17(2)24(27)14-18/h7-8,16,20-24,26-27H,2,4-6,9-15H2,1,3H3/b19-8+/t16-,20?,21-,22+,23-,24-,25-/m1/s1. The third kappa shape index (κ3) is 4.18. The lowest BCUT2D eigenvalue weighted by Crippen LogP contribution is -2.36. The molecule has 2 N–H and O–H groups in total. The topological polar surface area (TPSA) is 40.5 Å². The largest absolute Gasteiger partial charge is 0.388 e. The average molecular weight is 403 g/mol. The first-order valence-electron chi connectivity index (χ1n) is 11.4. The van der Waals surface area contributed by atoms with Crippen LogP contribution in [0.1, 0.15) is 71.6 Å². The van der Waals surface area contributed by atoms with Gasteiger partial charge < -0.3 is 10.2 Å². The number of allylic oxidation sites excluding steroid dienone is 3. The highest BCUT2D eigenvalue weighted by Crippen LogP contribution is 2.60. The average Bonchev–Trinajstić information content (AvgIpc) is 3.42. The molecule has 3 saturated carbocycles. The lowest BCUT2D eigenvalue weighted by Gasteiger charge is -2.44. The van der Waals surface area contributed by atoms with E-state index in [9.17, 15) is 10.2 Å². The Labute approximate surface area is 175 Å². The van der Waals surface area contributed by atoms with Crippen LogP contribution in [-0.2, 0) is 0 Å².